The molecule has 1 aromatic rings. The molecule has 98 valence electrons. The molecule has 0 amide bonds. The molecule has 1 aliphatic carbocycles. The molecule has 0 aliphatic heterocycles. The zero-order valence-corrected chi connectivity index (χ0v) is 10.4. The number of rotatable bonds is 4. The molecular formula is C14H16F2O2. The SMILES string of the molecule is CCCCOc1c(F)cc2c(c1F)CCCC2=O. The van der Waals surface area contributed by atoms with Crippen LogP contribution in [0, 0.1) is 11.6 Å². The van der Waals surface area contributed by atoms with Crippen molar-refractivity contribution in [2.45, 2.75) is 39.0 Å². The molecule has 18 heavy (non-hydrogen) atoms. The predicted octanol–water partition coefficient (Wildman–Crippen LogP) is 3.66. The lowest BCUT2D eigenvalue weighted by Crippen LogP contribution is -2.15. The van der Waals surface area contributed by atoms with Crippen LogP contribution in [0.1, 0.15) is 48.5 Å². The monoisotopic (exact) mass is 254 g/mol. The fraction of sp³-hybridized carbons (Fsp3) is 0.500. The minimum atomic E-state index is -0.780. The van der Waals surface area contributed by atoms with E-state index in [0.717, 1.165) is 18.9 Å². The van der Waals surface area contributed by atoms with Crippen LogP contribution >= 0.6 is 0 Å². The topological polar surface area (TPSA) is 26.3 Å². The molecular weight excluding hydrogens is 238 g/mol. The number of ketones is 1. The highest BCUT2D eigenvalue weighted by molar-refractivity contribution is 5.98. The largest absolute Gasteiger partial charge is 0.488 e. The Balaban J connectivity index is 2.34. The van der Waals surface area contributed by atoms with Crippen LogP contribution in [0.15, 0.2) is 6.07 Å². The molecule has 0 heterocycles. The molecule has 0 aromatic heterocycles. The normalized spacial score (nSPS) is 14.5. The average molecular weight is 254 g/mol. The van der Waals surface area contributed by atoms with Gasteiger partial charge >= 0.3 is 0 Å². The zero-order chi connectivity index (χ0) is 13.1. The maximum absolute atomic E-state index is 14.1. The van der Waals surface area contributed by atoms with Gasteiger partial charge in [-0.3, -0.25) is 4.79 Å². The van der Waals surface area contributed by atoms with Crippen molar-refractivity contribution in [2.75, 3.05) is 6.61 Å². The van der Waals surface area contributed by atoms with Gasteiger partial charge in [0.1, 0.15) is 0 Å². The summed E-state index contributed by atoms with van der Waals surface area (Å²) in [6, 6.07) is 1.11. The number of Topliss-reactive ketones (excluding diaryl/α,β-unsaturated/α-hetero) is 1. The minimum absolute atomic E-state index is 0.180. The van der Waals surface area contributed by atoms with Crippen LogP contribution in [-0.4, -0.2) is 12.4 Å². The fourth-order valence-corrected chi connectivity index (χ4v) is 2.14. The molecule has 0 saturated heterocycles. The van der Waals surface area contributed by atoms with Gasteiger partial charge in [0.05, 0.1) is 6.61 Å². The summed E-state index contributed by atoms with van der Waals surface area (Å²) in [6.07, 6.45) is 3.09. The number of carbonyl (C=O) groups is 1. The summed E-state index contributed by atoms with van der Waals surface area (Å²) in [4.78, 5) is 11.6. The van der Waals surface area contributed by atoms with Gasteiger partial charge in [-0.2, -0.15) is 0 Å². The van der Waals surface area contributed by atoms with Crippen molar-refractivity contribution in [3.63, 3.8) is 0 Å². The van der Waals surface area contributed by atoms with Gasteiger partial charge in [-0.15, -0.1) is 0 Å². The Bertz CT molecular complexity index is 469. The lowest BCUT2D eigenvalue weighted by atomic mass is 9.90. The quantitative estimate of drug-likeness (QED) is 0.766. The molecule has 0 atom stereocenters. The molecule has 0 radical (unpaired) electrons. The molecule has 0 saturated carbocycles. The highest BCUT2D eigenvalue weighted by Gasteiger charge is 2.25. The maximum Gasteiger partial charge on any atom is 0.191 e. The van der Waals surface area contributed by atoms with Crippen LogP contribution in [0.25, 0.3) is 0 Å². The number of hydrogen-bond acceptors (Lipinski definition) is 2. The van der Waals surface area contributed by atoms with E-state index in [9.17, 15) is 13.6 Å². The molecule has 0 unspecified atom stereocenters. The standard InChI is InChI=1S/C14H16F2O2/c1-2-3-7-18-14-11(15)8-10-9(13(14)16)5-4-6-12(10)17/h8H,2-7H2,1H3. The van der Waals surface area contributed by atoms with Gasteiger partial charge in [-0.05, 0) is 25.3 Å². The molecule has 4 heteroatoms. The summed E-state index contributed by atoms with van der Waals surface area (Å²) >= 11 is 0. The number of unbranched alkanes of at least 4 members (excludes halogenated alkanes) is 1. The second-order valence-electron chi connectivity index (χ2n) is 4.51. The van der Waals surface area contributed by atoms with Gasteiger partial charge in [0.25, 0.3) is 0 Å². The van der Waals surface area contributed by atoms with E-state index in [1.165, 1.54) is 0 Å². The third-order valence-electron chi connectivity index (χ3n) is 3.15. The third-order valence-corrected chi connectivity index (χ3v) is 3.15. The Morgan fingerprint density at radius 1 is 1.33 bits per heavy atom. The summed E-state index contributed by atoms with van der Waals surface area (Å²) < 4.78 is 33.0. The molecule has 2 nitrogen and oxygen atoms in total. The number of carbonyl (C=O) groups excluding carboxylic acids is 1. The van der Waals surface area contributed by atoms with E-state index in [-0.39, 0.29) is 23.7 Å². The smallest absolute Gasteiger partial charge is 0.191 e. The Labute approximate surface area is 105 Å². The van der Waals surface area contributed by atoms with Crippen LogP contribution < -0.4 is 4.74 Å². The first-order valence-electron chi connectivity index (χ1n) is 6.32. The first-order valence-corrected chi connectivity index (χ1v) is 6.32. The first-order chi connectivity index (χ1) is 8.65. The van der Waals surface area contributed by atoms with Crippen LogP contribution in [0.5, 0.6) is 5.75 Å². The number of hydrogen-bond donors (Lipinski definition) is 0. The Kier molecular flexibility index (Phi) is 3.94. The van der Waals surface area contributed by atoms with Gasteiger partial charge in [0.15, 0.2) is 23.2 Å². The van der Waals surface area contributed by atoms with E-state index in [2.05, 4.69) is 0 Å². The molecule has 1 aromatic carbocycles. The van der Waals surface area contributed by atoms with Crippen molar-refractivity contribution < 1.29 is 18.3 Å². The molecule has 0 spiro atoms. The van der Waals surface area contributed by atoms with Crippen molar-refractivity contribution in [3.8, 4) is 5.75 Å². The lowest BCUT2D eigenvalue weighted by Gasteiger charge is -2.18. The number of ether oxygens (including phenoxy) is 1. The highest BCUT2D eigenvalue weighted by atomic mass is 19.1. The predicted molar refractivity (Wildman–Crippen MR) is 64.0 cm³/mol. The third kappa shape index (κ3) is 2.37. The number of fused-ring (bicyclic) bond motifs is 1. The van der Waals surface area contributed by atoms with Gasteiger partial charge in [0.2, 0.25) is 0 Å². The van der Waals surface area contributed by atoms with Crippen molar-refractivity contribution in [2.24, 2.45) is 0 Å². The summed E-state index contributed by atoms with van der Waals surface area (Å²) in [5.74, 6) is -2.00. The van der Waals surface area contributed by atoms with Crippen LogP contribution in [0.2, 0.25) is 0 Å². The summed E-state index contributed by atoms with van der Waals surface area (Å²) in [5.41, 5.74) is 0.484. The van der Waals surface area contributed by atoms with Crippen molar-refractivity contribution in [3.05, 3.63) is 28.8 Å². The highest BCUT2D eigenvalue weighted by Crippen LogP contribution is 2.32. The second kappa shape index (κ2) is 5.46. The summed E-state index contributed by atoms with van der Waals surface area (Å²) in [5, 5.41) is 0. The van der Waals surface area contributed by atoms with Crippen molar-refractivity contribution in [1.29, 1.82) is 0 Å². The minimum Gasteiger partial charge on any atom is -0.488 e. The zero-order valence-electron chi connectivity index (χ0n) is 10.4. The van der Waals surface area contributed by atoms with E-state index in [1.54, 1.807) is 0 Å². The van der Waals surface area contributed by atoms with E-state index in [0.29, 0.717) is 24.8 Å². The maximum atomic E-state index is 14.1. The van der Waals surface area contributed by atoms with Gasteiger partial charge < -0.3 is 4.74 Å². The van der Waals surface area contributed by atoms with Crippen LogP contribution in [-0.2, 0) is 6.42 Å². The van der Waals surface area contributed by atoms with E-state index in [1.807, 2.05) is 6.92 Å². The van der Waals surface area contributed by atoms with E-state index in [4.69, 9.17) is 4.74 Å². The molecule has 0 N–H and O–H groups in total. The van der Waals surface area contributed by atoms with Crippen molar-refractivity contribution >= 4 is 5.78 Å². The van der Waals surface area contributed by atoms with Gasteiger partial charge in [-0.1, -0.05) is 13.3 Å². The average Bonchev–Trinajstić information content (AvgIpc) is 2.35. The summed E-state index contributed by atoms with van der Waals surface area (Å²) in [6.45, 7) is 2.26. The fourth-order valence-electron chi connectivity index (χ4n) is 2.14. The molecule has 0 fully saturated rings. The number of benzene rings is 1. The molecule has 1 aliphatic rings. The molecule has 2 rings (SSSR count). The van der Waals surface area contributed by atoms with Crippen LogP contribution in [0.3, 0.4) is 0 Å². The molecule has 0 bridgehead atoms. The number of halogens is 2. The lowest BCUT2D eigenvalue weighted by molar-refractivity contribution is 0.0970. The Hall–Kier alpha value is -1.45. The van der Waals surface area contributed by atoms with E-state index < -0.39 is 11.6 Å². The Morgan fingerprint density at radius 3 is 2.83 bits per heavy atom. The van der Waals surface area contributed by atoms with Gasteiger partial charge in [0, 0.05) is 17.5 Å². The summed E-state index contributed by atoms with van der Waals surface area (Å²) in [7, 11) is 0. The first kappa shape index (κ1) is 13.0. The Morgan fingerprint density at radius 2 is 2.11 bits per heavy atom. The van der Waals surface area contributed by atoms with Gasteiger partial charge in [-0.25, -0.2) is 8.78 Å². The van der Waals surface area contributed by atoms with Crippen LogP contribution in [0.4, 0.5) is 8.78 Å². The second-order valence-corrected chi connectivity index (χ2v) is 4.51. The van der Waals surface area contributed by atoms with Crippen molar-refractivity contribution in [1.82, 2.24) is 0 Å². The van der Waals surface area contributed by atoms with E-state index >= 15 is 0 Å².